The van der Waals surface area contributed by atoms with Gasteiger partial charge in [0.25, 0.3) is 11.8 Å². The average Bonchev–Trinajstić information content (AvgIpc) is 2.87. The minimum Gasteiger partial charge on any atom is -0.493 e. The Balaban J connectivity index is 1.72. The van der Waals surface area contributed by atoms with E-state index in [4.69, 9.17) is 9.47 Å². The van der Waals surface area contributed by atoms with E-state index in [0.29, 0.717) is 28.3 Å². The van der Waals surface area contributed by atoms with Gasteiger partial charge in [0.05, 0.1) is 25.3 Å². The molecule has 1 heterocycles. The number of ether oxygens (including phenoxy) is 2. The molecule has 0 saturated heterocycles. The summed E-state index contributed by atoms with van der Waals surface area (Å²) in [5.74, 6) is -0.435. The second-order valence-corrected chi connectivity index (χ2v) is 5.36. The lowest BCUT2D eigenvalue weighted by atomic mass is 10.1. The van der Waals surface area contributed by atoms with Crippen molar-refractivity contribution < 1.29 is 23.9 Å². The summed E-state index contributed by atoms with van der Waals surface area (Å²) in [6.45, 7) is -0.360. The van der Waals surface area contributed by atoms with Gasteiger partial charge in [0.2, 0.25) is 5.91 Å². The molecule has 3 amide bonds. The van der Waals surface area contributed by atoms with Crippen molar-refractivity contribution in [1.29, 1.82) is 0 Å². The quantitative estimate of drug-likeness (QED) is 0.841. The number of benzene rings is 2. The van der Waals surface area contributed by atoms with Crippen LogP contribution in [-0.4, -0.2) is 43.4 Å². The lowest BCUT2D eigenvalue weighted by Gasteiger charge is -2.14. The molecule has 0 radical (unpaired) electrons. The van der Waals surface area contributed by atoms with Gasteiger partial charge in [0.15, 0.2) is 11.5 Å². The van der Waals surface area contributed by atoms with E-state index in [1.807, 2.05) is 0 Å². The zero-order valence-corrected chi connectivity index (χ0v) is 13.7. The van der Waals surface area contributed by atoms with E-state index in [0.717, 1.165) is 4.90 Å². The summed E-state index contributed by atoms with van der Waals surface area (Å²) in [4.78, 5) is 37.7. The number of nitrogens with zero attached hydrogens (tertiary/aromatic N) is 1. The number of hydrogen-bond acceptors (Lipinski definition) is 5. The minimum absolute atomic E-state index is 0.311. The van der Waals surface area contributed by atoms with Crippen molar-refractivity contribution >= 4 is 23.4 Å². The van der Waals surface area contributed by atoms with Crippen molar-refractivity contribution in [3.63, 3.8) is 0 Å². The van der Waals surface area contributed by atoms with Crippen molar-refractivity contribution in [2.75, 3.05) is 26.1 Å². The molecule has 3 rings (SSSR count). The molecule has 0 aliphatic carbocycles. The summed E-state index contributed by atoms with van der Waals surface area (Å²) in [5.41, 5.74) is 1.09. The van der Waals surface area contributed by atoms with Crippen molar-refractivity contribution in [3.8, 4) is 11.5 Å². The third-order valence-corrected chi connectivity index (χ3v) is 3.85. The maximum absolute atomic E-state index is 12.3. The highest BCUT2D eigenvalue weighted by atomic mass is 16.5. The zero-order chi connectivity index (χ0) is 18.0. The average molecular weight is 340 g/mol. The summed E-state index contributed by atoms with van der Waals surface area (Å²) in [6.07, 6.45) is 0. The second kappa shape index (κ2) is 6.64. The number of fused-ring (bicyclic) bond motifs is 1. The van der Waals surface area contributed by atoms with Gasteiger partial charge in [0.1, 0.15) is 6.54 Å². The maximum atomic E-state index is 12.3. The molecule has 0 unspecified atom stereocenters. The lowest BCUT2D eigenvalue weighted by Crippen LogP contribution is -2.37. The molecule has 1 N–H and O–H groups in total. The van der Waals surface area contributed by atoms with Gasteiger partial charge in [0, 0.05) is 11.8 Å². The van der Waals surface area contributed by atoms with Crippen LogP contribution in [0.2, 0.25) is 0 Å². The molecule has 0 spiro atoms. The van der Waals surface area contributed by atoms with Crippen LogP contribution in [0.25, 0.3) is 0 Å². The molecule has 0 saturated carbocycles. The number of hydrogen-bond donors (Lipinski definition) is 1. The molecule has 1 aliphatic rings. The highest BCUT2D eigenvalue weighted by Gasteiger charge is 2.36. The van der Waals surface area contributed by atoms with Crippen LogP contribution in [0.1, 0.15) is 20.7 Å². The molecule has 0 fully saturated rings. The predicted octanol–water partition coefficient (Wildman–Crippen LogP) is 1.94. The van der Waals surface area contributed by atoms with E-state index < -0.39 is 17.7 Å². The molecular formula is C18H16N2O5. The van der Waals surface area contributed by atoms with Gasteiger partial charge in [-0.05, 0) is 24.3 Å². The van der Waals surface area contributed by atoms with E-state index in [1.54, 1.807) is 42.5 Å². The van der Waals surface area contributed by atoms with Crippen LogP contribution in [0, 0.1) is 0 Å². The SMILES string of the molecule is COc1ccc(NC(=O)CN2C(=O)c3ccccc3C2=O)cc1OC. The Kier molecular flexibility index (Phi) is 4.38. The molecule has 0 bridgehead atoms. The normalized spacial score (nSPS) is 12.8. The van der Waals surface area contributed by atoms with Crippen molar-refractivity contribution in [3.05, 3.63) is 53.6 Å². The van der Waals surface area contributed by atoms with Gasteiger partial charge >= 0.3 is 0 Å². The summed E-state index contributed by atoms with van der Waals surface area (Å²) >= 11 is 0. The molecule has 0 aromatic heterocycles. The predicted molar refractivity (Wildman–Crippen MR) is 90.0 cm³/mol. The fraction of sp³-hybridized carbons (Fsp3) is 0.167. The van der Waals surface area contributed by atoms with Gasteiger partial charge in [-0.3, -0.25) is 19.3 Å². The second-order valence-electron chi connectivity index (χ2n) is 5.36. The van der Waals surface area contributed by atoms with Crippen LogP contribution < -0.4 is 14.8 Å². The molecule has 7 nitrogen and oxygen atoms in total. The topological polar surface area (TPSA) is 84.9 Å². The molecular weight excluding hydrogens is 324 g/mol. The van der Waals surface area contributed by atoms with Crippen molar-refractivity contribution in [1.82, 2.24) is 4.90 Å². The van der Waals surface area contributed by atoms with Gasteiger partial charge in [-0.2, -0.15) is 0 Å². The van der Waals surface area contributed by atoms with Crippen LogP contribution in [0.15, 0.2) is 42.5 Å². The number of methoxy groups -OCH3 is 2. The smallest absolute Gasteiger partial charge is 0.262 e. The Morgan fingerprint density at radius 3 is 2.12 bits per heavy atom. The molecule has 1 aliphatic heterocycles. The van der Waals surface area contributed by atoms with E-state index >= 15 is 0 Å². The number of rotatable bonds is 5. The lowest BCUT2D eigenvalue weighted by molar-refractivity contribution is -0.116. The number of imide groups is 1. The third-order valence-electron chi connectivity index (χ3n) is 3.85. The van der Waals surface area contributed by atoms with E-state index in [2.05, 4.69) is 5.32 Å². The number of carbonyl (C=O) groups is 3. The van der Waals surface area contributed by atoms with Crippen LogP contribution in [0.3, 0.4) is 0 Å². The maximum Gasteiger partial charge on any atom is 0.262 e. The van der Waals surface area contributed by atoms with Crippen molar-refractivity contribution in [2.45, 2.75) is 0 Å². The van der Waals surface area contributed by atoms with Gasteiger partial charge in [-0.1, -0.05) is 12.1 Å². The first kappa shape index (κ1) is 16.5. The fourth-order valence-electron chi connectivity index (χ4n) is 2.64. The minimum atomic E-state index is -0.485. The Labute approximate surface area is 144 Å². The highest BCUT2D eigenvalue weighted by molar-refractivity contribution is 6.22. The van der Waals surface area contributed by atoms with Gasteiger partial charge in [-0.25, -0.2) is 0 Å². The molecule has 2 aromatic rings. The summed E-state index contributed by atoms with van der Waals surface area (Å²) in [7, 11) is 3.00. The zero-order valence-electron chi connectivity index (χ0n) is 13.7. The van der Waals surface area contributed by atoms with Crippen LogP contribution in [0.4, 0.5) is 5.69 Å². The van der Waals surface area contributed by atoms with Crippen molar-refractivity contribution in [2.24, 2.45) is 0 Å². The number of amides is 3. The van der Waals surface area contributed by atoms with Gasteiger partial charge < -0.3 is 14.8 Å². The Morgan fingerprint density at radius 2 is 1.56 bits per heavy atom. The van der Waals surface area contributed by atoms with E-state index in [-0.39, 0.29) is 6.54 Å². The molecule has 128 valence electrons. The molecule has 0 atom stereocenters. The van der Waals surface area contributed by atoms with Crippen LogP contribution in [-0.2, 0) is 4.79 Å². The Bertz CT molecular complexity index is 827. The number of carbonyl (C=O) groups excluding carboxylic acids is 3. The summed E-state index contributed by atoms with van der Waals surface area (Å²) < 4.78 is 10.3. The number of nitrogens with one attached hydrogen (secondary N) is 1. The molecule has 25 heavy (non-hydrogen) atoms. The van der Waals surface area contributed by atoms with E-state index in [1.165, 1.54) is 14.2 Å². The van der Waals surface area contributed by atoms with Crippen LogP contribution in [0.5, 0.6) is 11.5 Å². The molecule has 2 aromatic carbocycles. The highest BCUT2D eigenvalue weighted by Crippen LogP contribution is 2.30. The first-order chi connectivity index (χ1) is 12.0. The first-order valence-electron chi connectivity index (χ1n) is 7.52. The largest absolute Gasteiger partial charge is 0.493 e. The standard InChI is InChI=1S/C18H16N2O5/c1-24-14-8-7-11(9-15(14)25-2)19-16(21)10-20-17(22)12-5-3-4-6-13(12)18(20)23/h3-9H,10H2,1-2H3,(H,19,21). The third kappa shape index (κ3) is 3.03. The monoisotopic (exact) mass is 340 g/mol. The number of anilines is 1. The van der Waals surface area contributed by atoms with Gasteiger partial charge in [-0.15, -0.1) is 0 Å². The summed E-state index contributed by atoms with van der Waals surface area (Å²) in [6, 6.07) is 11.4. The van der Waals surface area contributed by atoms with E-state index in [9.17, 15) is 14.4 Å². The Hall–Kier alpha value is -3.35. The fourth-order valence-corrected chi connectivity index (χ4v) is 2.64. The molecule has 7 heteroatoms. The summed E-state index contributed by atoms with van der Waals surface area (Å²) in [5, 5.41) is 2.64. The first-order valence-corrected chi connectivity index (χ1v) is 7.52. The Morgan fingerprint density at radius 1 is 0.960 bits per heavy atom. The van der Waals surface area contributed by atoms with Crippen LogP contribution >= 0.6 is 0 Å².